The van der Waals surface area contributed by atoms with E-state index in [0.29, 0.717) is 22.1 Å². The minimum Gasteiger partial charge on any atom is -0.379 e. The van der Waals surface area contributed by atoms with E-state index in [4.69, 9.17) is 10.5 Å². The van der Waals surface area contributed by atoms with E-state index in [2.05, 4.69) is 26.9 Å². The molecule has 9 heteroatoms. The lowest BCUT2D eigenvalue weighted by atomic mass is 9.72. The lowest BCUT2D eigenvalue weighted by Gasteiger charge is -2.50. The lowest BCUT2D eigenvalue weighted by Crippen LogP contribution is -2.63. The summed E-state index contributed by atoms with van der Waals surface area (Å²) in [5, 5.41) is 3.07. The monoisotopic (exact) mass is 431 g/mol. The van der Waals surface area contributed by atoms with E-state index in [0.717, 1.165) is 0 Å². The summed E-state index contributed by atoms with van der Waals surface area (Å²) in [4.78, 5) is 25.2. The molecule has 0 saturated carbocycles. The Hall–Kier alpha value is -2.52. The molecule has 0 radical (unpaired) electrons. The summed E-state index contributed by atoms with van der Waals surface area (Å²) in [5.41, 5.74) is 4.64. The number of carbonyl (C=O) groups excluding carboxylic acids is 1. The van der Waals surface area contributed by atoms with Gasteiger partial charge in [0, 0.05) is 24.1 Å². The van der Waals surface area contributed by atoms with Crippen molar-refractivity contribution in [2.75, 3.05) is 12.4 Å². The summed E-state index contributed by atoms with van der Waals surface area (Å²) >= 11 is 1.20. The number of amides is 1. The van der Waals surface area contributed by atoms with Crippen LogP contribution in [-0.2, 0) is 4.74 Å². The van der Waals surface area contributed by atoms with Gasteiger partial charge in [0.15, 0.2) is 10.8 Å². The molecule has 0 aromatic carbocycles. The molecule has 1 fully saturated rings. The van der Waals surface area contributed by atoms with Gasteiger partial charge in [0.05, 0.1) is 24.6 Å². The number of aryl methyl sites for hydroxylation is 1. The van der Waals surface area contributed by atoms with E-state index in [-0.39, 0.29) is 30.6 Å². The SMILES string of the molecule is C=C(/C=C(\C=C/C)NC(=O)c1cnc(C)cn1)[C@]12CO[C@@H](C)C[C@@]1(F)CSC(N)=N2. The first-order chi connectivity index (χ1) is 14.2. The van der Waals surface area contributed by atoms with E-state index in [1.807, 2.05) is 13.8 Å². The van der Waals surface area contributed by atoms with Crippen LogP contribution < -0.4 is 11.1 Å². The molecule has 160 valence electrons. The van der Waals surface area contributed by atoms with Crippen molar-refractivity contribution >= 4 is 22.8 Å². The lowest BCUT2D eigenvalue weighted by molar-refractivity contribution is -0.0884. The van der Waals surface area contributed by atoms with Crippen molar-refractivity contribution in [1.29, 1.82) is 0 Å². The van der Waals surface area contributed by atoms with Crippen LogP contribution in [0.25, 0.3) is 0 Å². The molecule has 1 aromatic rings. The number of aliphatic imine (C=N–C) groups is 1. The third-order valence-electron chi connectivity index (χ3n) is 5.16. The van der Waals surface area contributed by atoms with Crippen LogP contribution in [0.4, 0.5) is 4.39 Å². The fourth-order valence-corrected chi connectivity index (χ4v) is 4.52. The number of halogens is 1. The number of fused-ring (bicyclic) bond motifs is 1. The van der Waals surface area contributed by atoms with Gasteiger partial charge in [-0.1, -0.05) is 24.4 Å². The van der Waals surface area contributed by atoms with Gasteiger partial charge in [0.2, 0.25) is 0 Å². The molecule has 0 bridgehead atoms. The van der Waals surface area contributed by atoms with Crippen LogP contribution in [0.15, 0.2) is 53.5 Å². The number of hydrogen-bond acceptors (Lipinski definition) is 7. The predicted molar refractivity (Wildman–Crippen MR) is 117 cm³/mol. The van der Waals surface area contributed by atoms with Crippen LogP contribution in [0.3, 0.4) is 0 Å². The minimum absolute atomic E-state index is 0.0295. The normalized spacial score (nSPS) is 29.3. The molecule has 1 amide bonds. The number of nitrogens with zero attached hydrogens (tertiary/aromatic N) is 3. The maximum Gasteiger partial charge on any atom is 0.275 e. The number of aromatic nitrogens is 2. The number of thioether (sulfide) groups is 1. The molecule has 3 heterocycles. The van der Waals surface area contributed by atoms with Crippen molar-refractivity contribution in [3.63, 3.8) is 0 Å². The first kappa shape index (κ1) is 22.2. The van der Waals surface area contributed by atoms with Crippen molar-refractivity contribution in [2.45, 2.75) is 44.5 Å². The van der Waals surface area contributed by atoms with E-state index < -0.39 is 17.1 Å². The third kappa shape index (κ3) is 4.32. The Morgan fingerprint density at radius 3 is 2.90 bits per heavy atom. The van der Waals surface area contributed by atoms with Crippen LogP contribution in [0.1, 0.15) is 36.5 Å². The smallest absolute Gasteiger partial charge is 0.275 e. The maximum absolute atomic E-state index is 16.1. The van der Waals surface area contributed by atoms with Crippen LogP contribution in [0.2, 0.25) is 0 Å². The molecule has 30 heavy (non-hydrogen) atoms. The van der Waals surface area contributed by atoms with Gasteiger partial charge in [-0.3, -0.25) is 9.78 Å². The molecular weight excluding hydrogens is 405 g/mol. The maximum atomic E-state index is 16.1. The number of rotatable bonds is 5. The first-order valence-corrected chi connectivity index (χ1v) is 10.6. The van der Waals surface area contributed by atoms with Gasteiger partial charge >= 0.3 is 0 Å². The molecule has 0 unspecified atom stereocenters. The van der Waals surface area contributed by atoms with Gasteiger partial charge in [-0.05, 0) is 38.5 Å². The predicted octanol–water partition coefficient (Wildman–Crippen LogP) is 2.85. The second-order valence-corrected chi connectivity index (χ2v) is 8.51. The number of carbonyl (C=O) groups is 1. The number of nitrogens with two attached hydrogens (primary N) is 1. The molecule has 3 atom stereocenters. The molecule has 7 nitrogen and oxygen atoms in total. The summed E-state index contributed by atoms with van der Waals surface area (Å²) in [5.74, 6) is -0.257. The highest BCUT2D eigenvalue weighted by Gasteiger charge is 2.59. The van der Waals surface area contributed by atoms with Crippen LogP contribution >= 0.6 is 11.8 Å². The Morgan fingerprint density at radius 1 is 1.47 bits per heavy atom. The highest BCUT2D eigenvalue weighted by molar-refractivity contribution is 8.13. The number of nitrogens with one attached hydrogen (secondary N) is 1. The van der Waals surface area contributed by atoms with Crippen molar-refractivity contribution in [3.8, 4) is 0 Å². The zero-order valence-electron chi connectivity index (χ0n) is 17.3. The van der Waals surface area contributed by atoms with Crippen molar-refractivity contribution in [1.82, 2.24) is 15.3 Å². The third-order valence-corrected chi connectivity index (χ3v) is 6.15. The molecule has 3 rings (SSSR count). The molecular formula is C21H26FN5O2S. The Balaban J connectivity index is 1.92. The highest BCUT2D eigenvalue weighted by atomic mass is 32.2. The van der Waals surface area contributed by atoms with Gasteiger partial charge in [-0.15, -0.1) is 0 Å². The standard InChI is InChI=1S/C21H26FN5O2S/c1-5-6-16(26-18(28)17-10-24-14(3)9-25-17)7-13(2)21-11-29-15(4)8-20(21,22)12-30-19(23)27-21/h5-7,9-10,15H,2,8,11-12H2,1,3-4H3,(H2,23,27)(H,26,28)/b6-5-,16-7+/t15-,20+,21+/m0/s1. The summed E-state index contributed by atoms with van der Waals surface area (Å²) in [6, 6.07) is 0. The number of alkyl halides is 1. The van der Waals surface area contributed by atoms with E-state index in [1.165, 1.54) is 24.2 Å². The van der Waals surface area contributed by atoms with Gasteiger partial charge in [-0.25, -0.2) is 14.4 Å². The van der Waals surface area contributed by atoms with Gasteiger partial charge in [0.1, 0.15) is 11.2 Å². The average Bonchev–Trinajstić information content (AvgIpc) is 2.69. The molecule has 2 aliphatic heterocycles. The summed E-state index contributed by atoms with van der Waals surface area (Å²) in [6.07, 6.45) is 7.93. The molecule has 3 N–H and O–H groups in total. The Kier molecular flexibility index (Phi) is 6.42. The van der Waals surface area contributed by atoms with Gasteiger partial charge in [0.25, 0.3) is 5.91 Å². The zero-order chi connectivity index (χ0) is 21.9. The minimum atomic E-state index is -1.65. The number of hydrogen-bond donors (Lipinski definition) is 2. The number of allylic oxidation sites excluding steroid dienone is 2. The van der Waals surface area contributed by atoms with Gasteiger partial charge in [-0.2, -0.15) is 0 Å². The van der Waals surface area contributed by atoms with E-state index >= 15 is 4.39 Å². The first-order valence-electron chi connectivity index (χ1n) is 9.61. The fourth-order valence-electron chi connectivity index (χ4n) is 3.56. The summed E-state index contributed by atoms with van der Waals surface area (Å²) in [7, 11) is 0. The van der Waals surface area contributed by atoms with E-state index in [1.54, 1.807) is 25.2 Å². The molecule has 0 aliphatic carbocycles. The quantitative estimate of drug-likeness (QED) is 0.695. The summed E-state index contributed by atoms with van der Waals surface area (Å²) < 4.78 is 21.8. The average molecular weight is 432 g/mol. The Morgan fingerprint density at radius 2 is 2.23 bits per heavy atom. The number of ether oxygens (including phenoxy) is 1. The van der Waals surface area contributed by atoms with E-state index in [9.17, 15) is 4.79 Å². The fraction of sp³-hybridized carbons (Fsp3) is 0.429. The second-order valence-electron chi connectivity index (χ2n) is 7.51. The van der Waals surface area contributed by atoms with Crippen LogP contribution in [0.5, 0.6) is 0 Å². The van der Waals surface area contributed by atoms with Crippen molar-refractivity contribution in [2.24, 2.45) is 10.7 Å². The highest BCUT2D eigenvalue weighted by Crippen LogP contribution is 2.48. The molecule has 1 aromatic heterocycles. The van der Waals surface area contributed by atoms with Crippen LogP contribution in [0, 0.1) is 6.92 Å². The zero-order valence-corrected chi connectivity index (χ0v) is 18.1. The summed E-state index contributed by atoms with van der Waals surface area (Å²) in [6.45, 7) is 9.55. The largest absolute Gasteiger partial charge is 0.379 e. The molecule has 2 aliphatic rings. The number of amidine groups is 1. The van der Waals surface area contributed by atoms with Crippen LogP contribution in [-0.4, -0.2) is 50.7 Å². The molecule has 0 spiro atoms. The second kappa shape index (κ2) is 8.69. The Bertz CT molecular complexity index is 930. The Labute approximate surface area is 179 Å². The van der Waals surface area contributed by atoms with Crippen molar-refractivity contribution in [3.05, 3.63) is 59.9 Å². The van der Waals surface area contributed by atoms with Crippen molar-refractivity contribution < 1.29 is 13.9 Å². The topological polar surface area (TPSA) is 102 Å². The molecule has 1 saturated heterocycles. The van der Waals surface area contributed by atoms with Gasteiger partial charge < -0.3 is 15.8 Å².